The number of halogens is 1. The summed E-state index contributed by atoms with van der Waals surface area (Å²) in [5.74, 6) is -0.459. The molecule has 0 fully saturated rings. The first-order valence-electron chi connectivity index (χ1n) is 5.39. The number of rotatable bonds is 5. The van der Waals surface area contributed by atoms with Gasteiger partial charge in [0.2, 0.25) is 5.91 Å². The lowest BCUT2D eigenvalue weighted by atomic mass is 10.1. The SMILES string of the molecule is CC(N)CCCC(=O)Nc1cccc(F)c1. The minimum atomic E-state index is -0.353. The molecule has 0 spiro atoms. The molecule has 0 bridgehead atoms. The van der Waals surface area contributed by atoms with Crippen LogP contribution in [0.15, 0.2) is 24.3 Å². The maximum absolute atomic E-state index is 12.8. The standard InChI is InChI=1S/C12H17FN2O/c1-9(14)4-2-7-12(16)15-11-6-3-5-10(13)8-11/h3,5-6,8-9H,2,4,7,14H2,1H3,(H,15,16). The first-order valence-corrected chi connectivity index (χ1v) is 5.39. The Labute approximate surface area is 94.8 Å². The van der Waals surface area contributed by atoms with Crippen molar-refractivity contribution in [3.63, 3.8) is 0 Å². The highest BCUT2D eigenvalue weighted by Crippen LogP contribution is 2.10. The van der Waals surface area contributed by atoms with Crippen molar-refractivity contribution in [2.75, 3.05) is 5.32 Å². The van der Waals surface area contributed by atoms with Crippen molar-refractivity contribution in [3.05, 3.63) is 30.1 Å². The van der Waals surface area contributed by atoms with Gasteiger partial charge in [-0.3, -0.25) is 4.79 Å². The molecule has 0 aromatic heterocycles. The summed E-state index contributed by atoms with van der Waals surface area (Å²) in [5, 5.41) is 2.64. The van der Waals surface area contributed by atoms with Gasteiger partial charge in [-0.05, 0) is 38.0 Å². The number of carbonyl (C=O) groups is 1. The number of benzene rings is 1. The van der Waals surface area contributed by atoms with Crippen LogP contribution in [0.1, 0.15) is 26.2 Å². The molecule has 0 aliphatic carbocycles. The van der Waals surface area contributed by atoms with Gasteiger partial charge in [0.05, 0.1) is 0 Å². The molecular weight excluding hydrogens is 207 g/mol. The Morgan fingerprint density at radius 1 is 1.56 bits per heavy atom. The summed E-state index contributed by atoms with van der Waals surface area (Å²) < 4.78 is 12.8. The molecule has 4 heteroatoms. The molecule has 1 unspecified atom stereocenters. The van der Waals surface area contributed by atoms with Gasteiger partial charge in [-0.2, -0.15) is 0 Å². The molecular formula is C12H17FN2O. The van der Waals surface area contributed by atoms with Crippen LogP contribution in [0, 0.1) is 5.82 Å². The molecule has 0 aliphatic rings. The summed E-state index contributed by atoms with van der Waals surface area (Å²) in [6.07, 6.45) is 1.98. The monoisotopic (exact) mass is 224 g/mol. The Balaban J connectivity index is 2.34. The largest absolute Gasteiger partial charge is 0.328 e. The van der Waals surface area contributed by atoms with E-state index in [4.69, 9.17) is 5.73 Å². The number of anilines is 1. The Hall–Kier alpha value is -1.42. The van der Waals surface area contributed by atoms with Crippen molar-refractivity contribution in [3.8, 4) is 0 Å². The summed E-state index contributed by atoms with van der Waals surface area (Å²) in [6, 6.07) is 5.97. The highest BCUT2D eigenvalue weighted by Gasteiger charge is 2.03. The molecule has 0 heterocycles. The lowest BCUT2D eigenvalue weighted by molar-refractivity contribution is -0.116. The second-order valence-electron chi connectivity index (χ2n) is 3.93. The van der Waals surface area contributed by atoms with Crippen molar-refractivity contribution in [2.45, 2.75) is 32.2 Å². The molecule has 1 rings (SSSR count). The molecule has 16 heavy (non-hydrogen) atoms. The number of carbonyl (C=O) groups excluding carboxylic acids is 1. The Morgan fingerprint density at radius 2 is 2.31 bits per heavy atom. The number of amides is 1. The fraction of sp³-hybridized carbons (Fsp3) is 0.417. The van der Waals surface area contributed by atoms with Gasteiger partial charge in [-0.25, -0.2) is 4.39 Å². The van der Waals surface area contributed by atoms with Crippen LogP contribution in [0.25, 0.3) is 0 Å². The van der Waals surface area contributed by atoms with Crippen molar-refractivity contribution < 1.29 is 9.18 Å². The van der Waals surface area contributed by atoms with E-state index in [9.17, 15) is 9.18 Å². The highest BCUT2D eigenvalue weighted by molar-refractivity contribution is 5.90. The smallest absolute Gasteiger partial charge is 0.224 e. The summed E-state index contributed by atoms with van der Waals surface area (Å²) in [5.41, 5.74) is 6.06. The molecule has 0 saturated heterocycles. The minimum absolute atomic E-state index is 0.105. The molecule has 1 amide bonds. The minimum Gasteiger partial charge on any atom is -0.328 e. The zero-order chi connectivity index (χ0) is 12.0. The lowest BCUT2D eigenvalue weighted by Crippen LogP contribution is -2.16. The predicted octanol–water partition coefficient (Wildman–Crippen LogP) is 2.28. The van der Waals surface area contributed by atoms with Crippen LogP contribution in [0.5, 0.6) is 0 Å². The summed E-state index contributed by atoms with van der Waals surface area (Å²) in [4.78, 5) is 11.4. The Kier molecular flexibility index (Phi) is 4.92. The third-order valence-electron chi connectivity index (χ3n) is 2.17. The van der Waals surface area contributed by atoms with E-state index in [0.29, 0.717) is 12.1 Å². The van der Waals surface area contributed by atoms with Gasteiger partial charge in [0.15, 0.2) is 0 Å². The zero-order valence-electron chi connectivity index (χ0n) is 9.37. The third kappa shape index (κ3) is 4.89. The number of hydrogen-bond acceptors (Lipinski definition) is 2. The quantitative estimate of drug-likeness (QED) is 0.806. The van der Waals surface area contributed by atoms with E-state index >= 15 is 0 Å². The van der Waals surface area contributed by atoms with Gasteiger partial charge >= 0.3 is 0 Å². The van der Waals surface area contributed by atoms with E-state index in [-0.39, 0.29) is 17.8 Å². The van der Waals surface area contributed by atoms with E-state index in [2.05, 4.69) is 5.32 Å². The van der Waals surface area contributed by atoms with Gasteiger partial charge in [-0.1, -0.05) is 6.07 Å². The molecule has 3 nitrogen and oxygen atoms in total. The van der Waals surface area contributed by atoms with Crippen molar-refractivity contribution in [1.82, 2.24) is 0 Å². The van der Waals surface area contributed by atoms with E-state index in [1.807, 2.05) is 6.92 Å². The topological polar surface area (TPSA) is 55.1 Å². The summed E-state index contributed by atoms with van der Waals surface area (Å²) >= 11 is 0. The molecule has 0 radical (unpaired) electrons. The van der Waals surface area contributed by atoms with Crippen LogP contribution in [-0.2, 0) is 4.79 Å². The molecule has 1 atom stereocenters. The van der Waals surface area contributed by atoms with Gasteiger partial charge in [0.25, 0.3) is 0 Å². The fourth-order valence-electron chi connectivity index (χ4n) is 1.37. The van der Waals surface area contributed by atoms with Crippen LogP contribution < -0.4 is 11.1 Å². The zero-order valence-corrected chi connectivity index (χ0v) is 9.37. The van der Waals surface area contributed by atoms with Gasteiger partial charge in [-0.15, -0.1) is 0 Å². The van der Waals surface area contributed by atoms with E-state index < -0.39 is 0 Å². The number of nitrogens with two attached hydrogens (primary N) is 1. The van der Waals surface area contributed by atoms with Gasteiger partial charge in [0, 0.05) is 18.2 Å². The predicted molar refractivity (Wildman–Crippen MR) is 62.5 cm³/mol. The van der Waals surface area contributed by atoms with Gasteiger partial charge < -0.3 is 11.1 Å². The number of nitrogens with one attached hydrogen (secondary N) is 1. The first kappa shape index (κ1) is 12.6. The molecule has 1 aromatic rings. The van der Waals surface area contributed by atoms with Crippen molar-refractivity contribution >= 4 is 11.6 Å². The van der Waals surface area contributed by atoms with E-state index in [1.54, 1.807) is 12.1 Å². The Bertz CT molecular complexity index is 353. The van der Waals surface area contributed by atoms with E-state index in [0.717, 1.165) is 12.8 Å². The van der Waals surface area contributed by atoms with Crippen LogP contribution >= 0.6 is 0 Å². The lowest BCUT2D eigenvalue weighted by Gasteiger charge is -2.06. The molecule has 1 aromatic carbocycles. The normalized spacial score (nSPS) is 12.2. The second kappa shape index (κ2) is 6.23. The first-order chi connectivity index (χ1) is 7.58. The second-order valence-corrected chi connectivity index (χ2v) is 3.93. The highest BCUT2D eigenvalue weighted by atomic mass is 19.1. The maximum atomic E-state index is 12.8. The summed E-state index contributed by atoms with van der Waals surface area (Å²) in [6.45, 7) is 1.91. The number of hydrogen-bond donors (Lipinski definition) is 2. The third-order valence-corrected chi connectivity index (χ3v) is 2.17. The molecule has 3 N–H and O–H groups in total. The van der Waals surface area contributed by atoms with Crippen LogP contribution in [0.3, 0.4) is 0 Å². The van der Waals surface area contributed by atoms with Gasteiger partial charge in [0.1, 0.15) is 5.82 Å². The average molecular weight is 224 g/mol. The van der Waals surface area contributed by atoms with Crippen molar-refractivity contribution in [2.24, 2.45) is 5.73 Å². The molecule has 0 saturated carbocycles. The Morgan fingerprint density at radius 3 is 2.94 bits per heavy atom. The molecule has 88 valence electrons. The summed E-state index contributed by atoms with van der Waals surface area (Å²) in [7, 11) is 0. The van der Waals surface area contributed by atoms with E-state index in [1.165, 1.54) is 12.1 Å². The maximum Gasteiger partial charge on any atom is 0.224 e. The molecule has 0 aliphatic heterocycles. The van der Waals surface area contributed by atoms with Crippen molar-refractivity contribution in [1.29, 1.82) is 0 Å². The van der Waals surface area contributed by atoms with Crippen LogP contribution in [0.2, 0.25) is 0 Å². The van der Waals surface area contributed by atoms with Crippen LogP contribution in [0.4, 0.5) is 10.1 Å². The van der Waals surface area contributed by atoms with Crippen LogP contribution in [-0.4, -0.2) is 11.9 Å². The average Bonchev–Trinajstić information content (AvgIpc) is 2.16. The fourth-order valence-corrected chi connectivity index (χ4v) is 1.37.